The van der Waals surface area contributed by atoms with Gasteiger partial charge in [0, 0.05) is 30.6 Å². The molecule has 1 aliphatic heterocycles. The summed E-state index contributed by atoms with van der Waals surface area (Å²) >= 11 is 13.4. The van der Waals surface area contributed by atoms with Crippen LogP contribution < -0.4 is 5.32 Å². The fourth-order valence-corrected chi connectivity index (χ4v) is 5.95. The van der Waals surface area contributed by atoms with Gasteiger partial charge in [0.2, 0.25) is 0 Å². The molecule has 1 heterocycles. The number of benzene rings is 4. The first-order valence-corrected chi connectivity index (χ1v) is 17.8. The summed E-state index contributed by atoms with van der Waals surface area (Å²) in [5.41, 5.74) is 0.947. The zero-order valence-corrected chi connectivity index (χ0v) is 31.9. The molecule has 1 aliphatic rings. The standard InChI is InChI=1S/C35H27Br4NO9/c1-45-35-28(40-31(41)19-2-10-23(36)11-3-19)30(49-34(44)22-8-16-26(39)17-9-22)29(48-33(43)21-6-14-25(38)15-7-21)27(47-35)18-46-32(42)20-4-12-24(37)13-5-20/h2-17,27-30,35H,18H2,1H3,(H,40,41)/t27-,28-,29+,30-,35+/m1/s1. The number of nitrogens with one attached hydrogen (secondary N) is 1. The first kappa shape index (κ1) is 36.9. The number of carbonyl (C=O) groups is 4. The topological polar surface area (TPSA) is 126 Å². The van der Waals surface area contributed by atoms with Crippen molar-refractivity contribution in [3.8, 4) is 0 Å². The maximum atomic E-state index is 13.6. The van der Waals surface area contributed by atoms with Gasteiger partial charge in [0.25, 0.3) is 5.91 Å². The Hall–Kier alpha value is -3.40. The van der Waals surface area contributed by atoms with E-state index in [0.717, 1.165) is 17.9 Å². The van der Waals surface area contributed by atoms with Crippen LogP contribution in [0.4, 0.5) is 0 Å². The van der Waals surface area contributed by atoms with Crippen LogP contribution in [0.2, 0.25) is 0 Å². The van der Waals surface area contributed by atoms with Crippen LogP contribution >= 0.6 is 63.7 Å². The Morgan fingerprint density at radius 1 is 0.592 bits per heavy atom. The molecule has 4 aromatic rings. The van der Waals surface area contributed by atoms with Gasteiger partial charge in [0.1, 0.15) is 18.8 Å². The maximum absolute atomic E-state index is 13.6. The number of halogens is 4. The van der Waals surface area contributed by atoms with Gasteiger partial charge < -0.3 is 29.0 Å². The quantitative estimate of drug-likeness (QED) is 0.127. The average molecular weight is 925 g/mol. The summed E-state index contributed by atoms with van der Waals surface area (Å²) in [5.74, 6) is -2.75. The van der Waals surface area contributed by atoms with Gasteiger partial charge in [-0.2, -0.15) is 0 Å². The van der Waals surface area contributed by atoms with Gasteiger partial charge in [-0.15, -0.1) is 0 Å². The van der Waals surface area contributed by atoms with Gasteiger partial charge in [-0.25, -0.2) is 14.4 Å². The van der Waals surface area contributed by atoms with Crippen LogP contribution in [0.3, 0.4) is 0 Å². The largest absolute Gasteiger partial charge is 0.459 e. The third kappa shape index (κ3) is 9.65. The van der Waals surface area contributed by atoms with E-state index in [2.05, 4.69) is 69.0 Å². The van der Waals surface area contributed by atoms with Crippen molar-refractivity contribution >= 4 is 87.5 Å². The molecule has 0 aromatic heterocycles. The van der Waals surface area contributed by atoms with Crippen molar-refractivity contribution in [2.75, 3.05) is 13.7 Å². The molecule has 10 nitrogen and oxygen atoms in total. The summed E-state index contributed by atoms with van der Waals surface area (Å²) in [5, 5.41) is 2.84. The third-order valence-corrected chi connectivity index (χ3v) is 9.50. The number of carbonyl (C=O) groups excluding carboxylic acids is 4. The molecular weight excluding hydrogens is 898 g/mol. The Morgan fingerprint density at radius 3 is 1.41 bits per heavy atom. The zero-order chi connectivity index (χ0) is 35.1. The van der Waals surface area contributed by atoms with Crippen molar-refractivity contribution in [2.45, 2.75) is 30.6 Å². The van der Waals surface area contributed by atoms with Gasteiger partial charge >= 0.3 is 17.9 Å². The number of methoxy groups -OCH3 is 1. The Kier molecular flexibility index (Phi) is 12.8. The highest BCUT2D eigenvalue weighted by molar-refractivity contribution is 9.11. The lowest BCUT2D eigenvalue weighted by molar-refractivity contribution is -0.260. The van der Waals surface area contributed by atoms with Crippen molar-refractivity contribution in [3.63, 3.8) is 0 Å². The second-order valence-electron chi connectivity index (χ2n) is 10.6. The molecule has 1 fully saturated rings. The van der Waals surface area contributed by atoms with Gasteiger partial charge in [0.05, 0.1) is 16.7 Å². The fourth-order valence-electron chi connectivity index (χ4n) is 4.89. The highest BCUT2D eigenvalue weighted by Gasteiger charge is 2.52. The van der Waals surface area contributed by atoms with E-state index in [1.807, 2.05) is 0 Å². The molecule has 49 heavy (non-hydrogen) atoms. The first-order valence-electron chi connectivity index (χ1n) is 14.6. The molecule has 1 amide bonds. The molecule has 0 unspecified atom stereocenters. The molecule has 5 atom stereocenters. The van der Waals surface area contributed by atoms with E-state index in [0.29, 0.717) is 5.56 Å². The molecule has 0 bridgehead atoms. The summed E-state index contributed by atoms with van der Waals surface area (Å²) in [6.07, 6.45) is -5.21. The van der Waals surface area contributed by atoms with Crippen LogP contribution in [0, 0.1) is 0 Å². The lowest BCUT2D eigenvalue weighted by atomic mass is 9.95. The van der Waals surface area contributed by atoms with Crippen LogP contribution in [0.15, 0.2) is 115 Å². The average Bonchev–Trinajstić information content (AvgIpc) is 3.10. The van der Waals surface area contributed by atoms with Crippen molar-refractivity contribution in [1.29, 1.82) is 0 Å². The summed E-state index contributed by atoms with van der Waals surface area (Å²) in [6, 6.07) is 24.8. The van der Waals surface area contributed by atoms with E-state index in [1.165, 1.54) is 7.11 Å². The normalized spacial score (nSPS) is 20.1. The number of amides is 1. The zero-order valence-electron chi connectivity index (χ0n) is 25.5. The van der Waals surface area contributed by atoms with Gasteiger partial charge in [0.15, 0.2) is 18.5 Å². The highest BCUT2D eigenvalue weighted by Crippen LogP contribution is 2.30. The molecule has 1 saturated heterocycles. The van der Waals surface area contributed by atoms with Crippen molar-refractivity contribution in [2.24, 2.45) is 0 Å². The molecule has 4 aromatic carbocycles. The fraction of sp³-hybridized carbons (Fsp3) is 0.200. The van der Waals surface area contributed by atoms with Crippen LogP contribution in [-0.2, 0) is 23.7 Å². The predicted molar refractivity (Wildman–Crippen MR) is 192 cm³/mol. The summed E-state index contributed by atoms with van der Waals surface area (Å²) in [4.78, 5) is 53.7. The maximum Gasteiger partial charge on any atom is 0.338 e. The van der Waals surface area contributed by atoms with Gasteiger partial charge in [-0.1, -0.05) is 63.7 Å². The van der Waals surface area contributed by atoms with E-state index >= 15 is 0 Å². The second-order valence-corrected chi connectivity index (χ2v) is 14.3. The van der Waals surface area contributed by atoms with Crippen LogP contribution in [-0.4, -0.2) is 68.2 Å². The molecule has 254 valence electrons. The third-order valence-electron chi connectivity index (χ3n) is 7.39. The van der Waals surface area contributed by atoms with E-state index in [-0.39, 0.29) is 16.7 Å². The molecule has 14 heteroatoms. The van der Waals surface area contributed by atoms with Crippen LogP contribution in [0.25, 0.3) is 0 Å². The first-order chi connectivity index (χ1) is 23.5. The number of esters is 3. The van der Waals surface area contributed by atoms with E-state index < -0.39 is 61.1 Å². The minimum absolute atomic E-state index is 0.191. The van der Waals surface area contributed by atoms with E-state index in [9.17, 15) is 19.2 Å². The van der Waals surface area contributed by atoms with Gasteiger partial charge in [-0.05, 0) is 97.1 Å². The number of hydrogen-bond acceptors (Lipinski definition) is 9. The lowest BCUT2D eigenvalue weighted by Crippen LogP contribution is -2.66. The minimum atomic E-state index is -1.39. The minimum Gasteiger partial charge on any atom is -0.459 e. The SMILES string of the molecule is CO[C@H]1O[C@H](COC(=O)c2ccc(Br)cc2)[C@H](OC(=O)c2ccc(Br)cc2)[C@H](OC(=O)c2ccc(Br)cc2)[C@H]1NC(=O)c1ccc(Br)cc1. The Morgan fingerprint density at radius 2 is 0.980 bits per heavy atom. The summed E-state index contributed by atoms with van der Waals surface area (Å²) in [6.45, 7) is -0.424. The van der Waals surface area contributed by atoms with Gasteiger partial charge in [-0.3, -0.25) is 4.79 Å². The molecule has 0 aliphatic carbocycles. The monoisotopic (exact) mass is 921 g/mol. The smallest absolute Gasteiger partial charge is 0.338 e. The second kappa shape index (κ2) is 17.0. The Bertz CT molecular complexity index is 1790. The van der Waals surface area contributed by atoms with E-state index in [4.69, 9.17) is 23.7 Å². The number of ether oxygens (including phenoxy) is 5. The van der Waals surface area contributed by atoms with Crippen molar-refractivity contribution in [3.05, 3.63) is 137 Å². The lowest BCUT2D eigenvalue weighted by Gasteiger charge is -2.44. The molecule has 1 N–H and O–H groups in total. The van der Waals surface area contributed by atoms with Crippen molar-refractivity contribution in [1.82, 2.24) is 5.32 Å². The Balaban J connectivity index is 1.51. The highest BCUT2D eigenvalue weighted by atomic mass is 79.9. The van der Waals surface area contributed by atoms with Crippen LogP contribution in [0.5, 0.6) is 0 Å². The number of hydrogen-bond donors (Lipinski definition) is 1. The summed E-state index contributed by atoms with van der Waals surface area (Å²) in [7, 11) is 1.34. The molecule has 5 rings (SSSR count). The summed E-state index contributed by atoms with van der Waals surface area (Å²) < 4.78 is 32.5. The predicted octanol–water partition coefficient (Wildman–Crippen LogP) is 7.51. The Labute approximate surface area is 315 Å². The van der Waals surface area contributed by atoms with Crippen LogP contribution in [0.1, 0.15) is 41.4 Å². The molecule has 0 spiro atoms. The molecular formula is C35H27Br4NO9. The molecule has 0 saturated carbocycles. The molecule has 0 radical (unpaired) electrons. The van der Waals surface area contributed by atoms with E-state index in [1.54, 1.807) is 97.1 Å². The van der Waals surface area contributed by atoms with Crippen molar-refractivity contribution < 1.29 is 42.9 Å². The number of rotatable bonds is 10.